The zero-order valence-electron chi connectivity index (χ0n) is 10.7. The van der Waals surface area contributed by atoms with Gasteiger partial charge < -0.3 is 10.3 Å². The van der Waals surface area contributed by atoms with E-state index in [0.29, 0.717) is 11.7 Å². The molecule has 1 aliphatic carbocycles. The van der Waals surface area contributed by atoms with Crippen LogP contribution in [0.2, 0.25) is 0 Å². The van der Waals surface area contributed by atoms with Crippen molar-refractivity contribution in [1.82, 2.24) is 19.7 Å². The smallest absolute Gasteiger partial charge is 0.156 e. The first-order valence-corrected chi connectivity index (χ1v) is 6.51. The summed E-state index contributed by atoms with van der Waals surface area (Å²) >= 11 is 0. The van der Waals surface area contributed by atoms with Gasteiger partial charge in [0, 0.05) is 13.0 Å². The van der Waals surface area contributed by atoms with Crippen LogP contribution in [0.5, 0.6) is 0 Å². The summed E-state index contributed by atoms with van der Waals surface area (Å²) in [5.74, 6) is 2.01. The number of imidazole rings is 1. The monoisotopic (exact) mass is 253 g/mol. The van der Waals surface area contributed by atoms with Gasteiger partial charge in [-0.1, -0.05) is 12.1 Å². The van der Waals surface area contributed by atoms with Gasteiger partial charge in [0.2, 0.25) is 0 Å². The molecule has 1 fully saturated rings. The number of aryl methyl sites for hydroxylation is 1. The van der Waals surface area contributed by atoms with Crippen molar-refractivity contribution in [3.05, 3.63) is 30.0 Å². The third kappa shape index (κ3) is 1.47. The van der Waals surface area contributed by atoms with Crippen LogP contribution in [0.4, 0.5) is 5.82 Å². The maximum Gasteiger partial charge on any atom is 0.156 e. The summed E-state index contributed by atoms with van der Waals surface area (Å²) in [5.41, 5.74) is 10.2. The largest absolute Gasteiger partial charge is 0.382 e. The molecule has 4 rings (SSSR count). The van der Waals surface area contributed by atoms with Crippen molar-refractivity contribution in [3.8, 4) is 11.4 Å². The summed E-state index contributed by atoms with van der Waals surface area (Å²) in [4.78, 5) is 4.71. The number of nitrogen functional groups attached to an aromatic ring is 1. The number of fused-ring (bicyclic) bond motifs is 1. The average molecular weight is 253 g/mol. The fourth-order valence-corrected chi connectivity index (χ4v) is 2.64. The molecule has 0 spiro atoms. The van der Waals surface area contributed by atoms with E-state index in [1.54, 1.807) is 0 Å². The minimum absolute atomic E-state index is 0.542. The molecule has 3 N–H and O–H groups in total. The highest BCUT2D eigenvalue weighted by Gasteiger charge is 2.31. The van der Waals surface area contributed by atoms with Crippen LogP contribution in [0.15, 0.2) is 24.3 Å². The van der Waals surface area contributed by atoms with Gasteiger partial charge in [0.05, 0.1) is 22.3 Å². The molecule has 3 aromatic rings. The second-order valence-corrected chi connectivity index (χ2v) is 5.15. The van der Waals surface area contributed by atoms with Crippen LogP contribution in [0.1, 0.15) is 24.5 Å². The van der Waals surface area contributed by atoms with Gasteiger partial charge in [-0.3, -0.25) is 5.10 Å². The van der Waals surface area contributed by atoms with Crippen molar-refractivity contribution in [2.75, 3.05) is 5.73 Å². The van der Waals surface area contributed by atoms with Crippen LogP contribution in [0.3, 0.4) is 0 Å². The first-order chi connectivity index (χ1) is 9.25. The number of hydrogen-bond donors (Lipinski definition) is 2. The Labute approximate surface area is 110 Å². The Morgan fingerprint density at radius 1 is 1.32 bits per heavy atom. The number of anilines is 1. The summed E-state index contributed by atoms with van der Waals surface area (Å²) in [6.45, 7) is 0. The number of benzene rings is 1. The van der Waals surface area contributed by atoms with E-state index in [0.717, 1.165) is 28.1 Å². The number of para-hydroxylation sites is 2. The summed E-state index contributed by atoms with van der Waals surface area (Å²) in [7, 11) is 2.02. The third-order valence-electron chi connectivity index (χ3n) is 3.82. The van der Waals surface area contributed by atoms with Crippen LogP contribution < -0.4 is 5.73 Å². The molecule has 0 aliphatic heterocycles. The predicted molar refractivity (Wildman–Crippen MR) is 74.7 cm³/mol. The van der Waals surface area contributed by atoms with E-state index in [1.165, 1.54) is 12.8 Å². The topological polar surface area (TPSA) is 72.5 Å². The number of H-pyrrole nitrogens is 1. The number of rotatable bonds is 2. The molecule has 0 amide bonds. The molecule has 5 heteroatoms. The van der Waals surface area contributed by atoms with E-state index in [4.69, 9.17) is 10.7 Å². The van der Waals surface area contributed by atoms with Gasteiger partial charge in [0.25, 0.3) is 0 Å². The second-order valence-electron chi connectivity index (χ2n) is 5.15. The maximum absolute atomic E-state index is 6.03. The van der Waals surface area contributed by atoms with Crippen molar-refractivity contribution in [2.45, 2.75) is 18.8 Å². The summed E-state index contributed by atoms with van der Waals surface area (Å²) < 4.78 is 2.09. The molecule has 0 atom stereocenters. The van der Waals surface area contributed by atoms with Crippen LogP contribution in [-0.2, 0) is 7.05 Å². The van der Waals surface area contributed by atoms with E-state index < -0.39 is 0 Å². The number of nitrogens with two attached hydrogens (primary N) is 1. The van der Waals surface area contributed by atoms with Crippen LogP contribution >= 0.6 is 0 Å². The average Bonchev–Trinajstić information content (AvgIpc) is 3.12. The van der Waals surface area contributed by atoms with Crippen molar-refractivity contribution >= 4 is 16.9 Å². The summed E-state index contributed by atoms with van der Waals surface area (Å²) in [6.07, 6.45) is 2.41. The Morgan fingerprint density at radius 2 is 2.11 bits per heavy atom. The number of aromatic nitrogens is 4. The minimum Gasteiger partial charge on any atom is -0.382 e. The molecule has 0 bridgehead atoms. The van der Waals surface area contributed by atoms with E-state index in [-0.39, 0.29) is 0 Å². The van der Waals surface area contributed by atoms with Crippen LogP contribution in [-0.4, -0.2) is 19.7 Å². The lowest BCUT2D eigenvalue weighted by Crippen LogP contribution is -1.97. The predicted octanol–water partition coefficient (Wildman–Crippen LogP) is 2.42. The Kier molecular flexibility index (Phi) is 2.01. The molecule has 0 unspecified atom stereocenters. The number of aromatic amines is 1. The number of hydrogen-bond acceptors (Lipinski definition) is 3. The van der Waals surface area contributed by atoms with Crippen molar-refractivity contribution in [1.29, 1.82) is 0 Å². The third-order valence-corrected chi connectivity index (χ3v) is 3.82. The lowest BCUT2D eigenvalue weighted by atomic mass is 10.1. The van der Waals surface area contributed by atoms with E-state index in [9.17, 15) is 0 Å². The van der Waals surface area contributed by atoms with Gasteiger partial charge in [-0.25, -0.2) is 4.98 Å². The Hall–Kier alpha value is -2.30. The van der Waals surface area contributed by atoms with Gasteiger partial charge in [-0.15, -0.1) is 0 Å². The lowest BCUT2D eigenvalue weighted by Gasteiger charge is -2.03. The zero-order chi connectivity index (χ0) is 13.0. The fourth-order valence-electron chi connectivity index (χ4n) is 2.64. The van der Waals surface area contributed by atoms with Gasteiger partial charge in [0.1, 0.15) is 5.82 Å². The first kappa shape index (κ1) is 10.6. The highest BCUT2D eigenvalue weighted by Crippen LogP contribution is 2.45. The molecule has 0 saturated heterocycles. The molecule has 1 aliphatic rings. The van der Waals surface area contributed by atoms with Crippen molar-refractivity contribution in [3.63, 3.8) is 0 Å². The highest BCUT2D eigenvalue weighted by molar-refractivity contribution is 5.83. The molecular formula is C14H15N5. The minimum atomic E-state index is 0.542. The van der Waals surface area contributed by atoms with Crippen molar-refractivity contribution < 1.29 is 0 Å². The molecule has 1 saturated carbocycles. The zero-order valence-corrected chi connectivity index (χ0v) is 10.7. The fraction of sp³-hybridized carbons (Fsp3) is 0.286. The maximum atomic E-state index is 6.03. The molecule has 2 heterocycles. The Morgan fingerprint density at radius 3 is 2.84 bits per heavy atom. The Balaban J connectivity index is 1.99. The van der Waals surface area contributed by atoms with Crippen LogP contribution in [0.25, 0.3) is 22.4 Å². The van der Waals surface area contributed by atoms with Crippen LogP contribution in [0, 0.1) is 0 Å². The number of nitrogens with one attached hydrogen (secondary N) is 1. The summed E-state index contributed by atoms with van der Waals surface area (Å²) in [6, 6.07) is 8.11. The molecule has 1 aromatic carbocycles. The second kappa shape index (κ2) is 3.60. The Bertz CT molecular complexity index is 763. The van der Waals surface area contributed by atoms with Gasteiger partial charge in [0.15, 0.2) is 5.82 Å². The molecule has 19 heavy (non-hydrogen) atoms. The van der Waals surface area contributed by atoms with E-state index >= 15 is 0 Å². The molecule has 0 radical (unpaired) electrons. The van der Waals surface area contributed by atoms with E-state index in [2.05, 4.69) is 20.8 Å². The SMILES string of the molecule is Cn1c(-c2c(N)n[nH]c2C2CC2)nc2ccccc21. The standard InChI is InChI=1S/C14H15N5/c1-19-10-5-3-2-4-9(10)16-14(19)11-12(8-6-7-8)17-18-13(11)15/h2-5,8H,6-7H2,1H3,(H3,15,17,18). The number of nitrogens with zero attached hydrogens (tertiary/aromatic N) is 3. The van der Waals surface area contributed by atoms with E-state index in [1.807, 2.05) is 25.2 Å². The van der Waals surface area contributed by atoms with Crippen molar-refractivity contribution in [2.24, 2.45) is 7.05 Å². The molecule has 2 aromatic heterocycles. The first-order valence-electron chi connectivity index (χ1n) is 6.51. The normalized spacial score (nSPS) is 15.2. The highest BCUT2D eigenvalue weighted by atomic mass is 15.2. The quantitative estimate of drug-likeness (QED) is 0.736. The van der Waals surface area contributed by atoms with Gasteiger partial charge in [-0.2, -0.15) is 5.10 Å². The molecular weight excluding hydrogens is 238 g/mol. The van der Waals surface area contributed by atoms with Gasteiger partial charge >= 0.3 is 0 Å². The molecule has 96 valence electrons. The molecule has 5 nitrogen and oxygen atoms in total. The van der Waals surface area contributed by atoms with Gasteiger partial charge in [-0.05, 0) is 25.0 Å². The summed E-state index contributed by atoms with van der Waals surface area (Å²) in [5, 5.41) is 7.24. The lowest BCUT2D eigenvalue weighted by molar-refractivity contribution is 0.941.